The molecular formula is C60H88MoN4S8. The molecular weight excluding hydrogens is 1130 g/mol. The van der Waals surface area contributed by atoms with Gasteiger partial charge in [-0.05, 0) is 172 Å². The Hall–Kier alpha value is -1.99. The molecule has 0 aliphatic rings. The van der Waals surface area contributed by atoms with Crippen LogP contribution in [0.25, 0.3) is 0 Å². The first kappa shape index (κ1) is 71.0. The molecule has 4 aromatic carbocycles. The average molecular weight is 1220 g/mol. The van der Waals surface area contributed by atoms with Crippen LogP contribution in [0.2, 0.25) is 0 Å². The molecule has 0 spiro atoms. The molecule has 0 unspecified atom stereocenters. The standard InChI is InChI=1S/4C15H23NS2.Mo/c4*1-3-5-8-12-9-7-11-14(16-15(17)18)13(12)10-6-4-2;/h4*7,9,11H,3-6,8,10H2,1-2H3,(H2,16,17,18);/q;;;;+4/p-4. The Morgan fingerprint density at radius 3 is 0.616 bits per heavy atom. The maximum absolute atomic E-state index is 4.98. The number of benzene rings is 4. The van der Waals surface area contributed by atoms with Crippen molar-refractivity contribution in [2.75, 3.05) is 21.3 Å². The van der Waals surface area contributed by atoms with E-state index in [1.807, 2.05) is 0 Å². The van der Waals surface area contributed by atoms with E-state index in [0.717, 1.165) is 74.1 Å². The van der Waals surface area contributed by atoms with Gasteiger partial charge in [0.05, 0.1) is 0 Å². The van der Waals surface area contributed by atoms with E-state index >= 15 is 0 Å². The van der Waals surface area contributed by atoms with Crippen molar-refractivity contribution < 1.29 is 21.1 Å². The molecule has 0 aliphatic carbocycles. The number of anilines is 4. The van der Waals surface area contributed by atoms with Crippen LogP contribution in [0.5, 0.6) is 0 Å². The fourth-order valence-corrected chi connectivity index (χ4v) is 9.33. The van der Waals surface area contributed by atoms with Crippen molar-refractivity contribution in [3.63, 3.8) is 0 Å². The summed E-state index contributed by atoms with van der Waals surface area (Å²) in [6.45, 7) is 17.8. The Bertz CT molecular complexity index is 1860. The van der Waals surface area contributed by atoms with Gasteiger partial charge in [0.15, 0.2) is 0 Å². The summed E-state index contributed by atoms with van der Waals surface area (Å²) in [7, 11) is 0. The summed E-state index contributed by atoms with van der Waals surface area (Å²) in [5.74, 6) is 0. The van der Waals surface area contributed by atoms with Crippen LogP contribution < -0.4 is 21.3 Å². The molecule has 0 bridgehead atoms. The van der Waals surface area contributed by atoms with E-state index in [1.165, 1.54) is 147 Å². The van der Waals surface area contributed by atoms with E-state index < -0.39 is 0 Å². The van der Waals surface area contributed by atoms with Gasteiger partial charge in [-0.3, -0.25) is 0 Å². The molecule has 0 saturated heterocycles. The van der Waals surface area contributed by atoms with Gasteiger partial charge in [-0.2, -0.15) is 0 Å². The molecule has 0 radical (unpaired) electrons. The van der Waals surface area contributed by atoms with E-state index in [9.17, 15) is 0 Å². The molecule has 73 heavy (non-hydrogen) atoms. The molecule has 4 aromatic rings. The first-order valence-electron chi connectivity index (χ1n) is 27.1. The Morgan fingerprint density at radius 1 is 0.301 bits per heavy atom. The van der Waals surface area contributed by atoms with Gasteiger partial charge in [-0.15, -0.1) is 0 Å². The average Bonchev–Trinajstić information content (AvgIpc) is 3.34. The summed E-state index contributed by atoms with van der Waals surface area (Å²) >= 11 is 39.9. The van der Waals surface area contributed by atoms with Crippen molar-refractivity contribution in [2.45, 2.75) is 209 Å². The van der Waals surface area contributed by atoms with Gasteiger partial charge in [0.25, 0.3) is 0 Å². The molecule has 0 aliphatic heterocycles. The number of rotatable bonds is 28. The van der Waals surface area contributed by atoms with Crippen LogP contribution in [0, 0.1) is 0 Å². The van der Waals surface area contributed by atoms with Crippen molar-refractivity contribution in [3.05, 3.63) is 117 Å². The van der Waals surface area contributed by atoms with Gasteiger partial charge in [0, 0.05) is 22.7 Å². The number of aryl methyl sites for hydroxylation is 4. The molecule has 4 N–H and O–H groups in total. The Kier molecular flexibility index (Phi) is 43.8. The maximum Gasteiger partial charge on any atom is 4.00 e. The Labute approximate surface area is 503 Å². The summed E-state index contributed by atoms with van der Waals surface area (Å²) in [5, 5.41) is 12.6. The van der Waals surface area contributed by atoms with Gasteiger partial charge >= 0.3 is 21.1 Å². The van der Waals surface area contributed by atoms with Crippen molar-refractivity contribution in [1.29, 1.82) is 0 Å². The molecule has 402 valence electrons. The number of thiocarbonyl (C=S) groups is 4. The van der Waals surface area contributed by atoms with Crippen molar-refractivity contribution in [1.82, 2.24) is 0 Å². The van der Waals surface area contributed by atoms with Crippen molar-refractivity contribution in [3.8, 4) is 0 Å². The smallest absolute Gasteiger partial charge is 0.411 e. The summed E-state index contributed by atoms with van der Waals surface area (Å²) in [6.07, 6.45) is 28.6. The molecule has 13 heteroatoms. The number of hydrogen-bond donors (Lipinski definition) is 4. The summed E-state index contributed by atoms with van der Waals surface area (Å²) in [4.78, 5) is 0. The van der Waals surface area contributed by atoms with Gasteiger partial charge in [-0.1, -0.05) is 173 Å². The van der Waals surface area contributed by atoms with E-state index in [-0.39, 0.29) is 21.1 Å². The third-order valence-electron chi connectivity index (χ3n) is 12.4. The predicted octanol–water partition coefficient (Wildman–Crippen LogP) is 18.5. The molecule has 0 heterocycles. The molecule has 4 rings (SSSR count). The van der Waals surface area contributed by atoms with E-state index in [0.29, 0.717) is 17.3 Å². The van der Waals surface area contributed by atoms with Crippen LogP contribution in [-0.2, 0) is 123 Å². The minimum Gasteiger partial charge on any atom is -0.411 e. The van der Waals surface area contributed by atoms with Gasteiger partial charge in [0.2, 0.25) is 0 Å². The summed E-state index contributed by atoms with van der Waals surface area (Å²) in [6, 6.07) is 25.6. The van der Waals surface area contributed by atoms with Gasteiger partial charge in [0.1, 0.15) is 0 Å². The van der Waals surface area contributed by atoms with Crippen LogP contribution in [0.3, 0.4) is 0 Å². The number of hydrogen-bond acceptors (Lipinski definition) is 8. The first-order valence-corrected chi connectivity index (χ1v) is 30.4. The summed E-state index contributed by atoms with van der Waals surface area (Å²) < 4.78 is 1.72. The zero-order chi connectivity index (χ0) is 53.5. The second-order valence-electron chi connectivity index (χ2n) is 18.3. The second-order valence-corrected chi connectivity index (χ2v) is 22.6. The topological polar surface area (TPSA) is 48.1 Å². The molecule has 4 nitrogen and oxygen atoms in total. The summed E-state index contributed by atoms with van der Waals surface area (Å²) in [5.41, 5.74) is 15.8. The second kappa shape index (κ2) is 45.1. The zero-order valence-corrected chi connectivity index (χ0v) is 54.1. The quantitative estimate of drug-likeness (QED) is 0.0249. The first-order chi connectivity index (χ1) is 34.7. The van der Waals surface area contributed by atoms with Crippen LogP contribution >= 0.6 is 48.9 Å². The molecule has 0 aromatic heterocycles. The Balaban J connectivity index is 0.000000943. The predicted molar refractivity (Wildman–Crippen MR) is 349 cm³/mol. The SMILES string of the molecule is CCCCc1cccc(NC(=S)[S-])c1CCCC.CCCCc1cccc(NC(=S)[S-])c1CCCC.CCCCc1cccc(NC(=S)[S-])c1CCCC.CCCCc1cccc(NC(=S)[S-])c1CCCC.[Mo+4]. The molecule has 0 atom stereocenters. The normalized spacial score (nSPS) is 10.2. The Morgan fingerprint density at radius 2 is 0.466 bits per heavy atom. The monoisotopic (exact) mass is 1220 g/mol. The van der Waals surface area contributed by atoms with Gasteiger partial charge in [-0.25, -0.2) is 0 Å². The largest absolute Gasteiger partial charge is 4.00 e. The van der Waals surface area contributed by atoms with Crippen LogP contribution in [-0.4, -0.2) is 17.3 Å². The van der Waals surface area contributed by atoms with Crippen LogP contribution in [0.1, 0.15) is 203 Å². The minimum atomic E-state index is 0. The van der Waals surface area contributed by atoms with Gasteiger partial charge < -0.3 is 121 Å². The molecule has 0 fully saturated rings. The van der Waals surface area contributed by atoms with E-state index in [4.69, 9.17) is 99.4 Å². The number of nitrogens with one attached hydrogen (secondary N) is 4. The van der Waals surface area contributed by atoms with E-state index in [1.54, 1.807) is 0 Å². The third kappa shape index (κ3) is 31.1. The third-order valence-corrected chi connectivity index (χ3v) is 13.2. The fraction of sp³-hybridized carbons (Fsp3) is 0.533. The zero-order valence-electron chi connectivity index (χ0n) is 45.6. The van der Waals surface area contributed by atoms with E-state index in [2.05, 4.69) is 149 Å². The van der Waals surface area contributed by atoms with Crippen molar-refractivity contribution >= 4 is 139 Å². The maximum atomic E-state index is 4.98. The minimum absolute atomic E-state index is 0. The molecule has 0 saturated carbocycles. The molecule has 0 amide bonds. The van der Waals surface area contributed by atoms with Crippen molar-refractivity contribution in [2.24, 2.45) is 0 Å². The fourth-order valence-electron chi connectivity index (χ4n) is 8.45. The van der Waals surface area contributed by atoms with Crippen LogP contribution in [0.15, 0.2) is 72.8 Å². The van der Waals surface area contributed by atoms with Crippen LogP contribution in [0.4, 0.5) is 22.7 Å². The number of unbranched alkanes of at least 4 members (excludes halogenated alkanes) is 8.